The Morgan fingerprint density at radius 3 is 2.74 bits per heavy atom. The number of oxime groups is 1. The van der Waals surface area contributed by atoms with Gasteiger partial charge in [0.15, 0.2) is 0 Å². The summed E-state index contributed by atoms with van der Waals surface area (Å²) < 4.78 is 0.924. The predicted octanol–water partition coefficient (Wildman–Crippen LogP) is 3.10. The van der Waals surface area contributed by atoms with Gasteiger partial charge >= 0.3 is 5.97 Å². The van der Waals surface area contributed by atoms with Crippen LogP contribution in [-0.2, 0) is 9.63 Å². The number of aromatic nitrogens is 1. The lowest BCUT2D eigenvalue weighted by Gasteiger charge is -1.97. The van der Waals surface area contributed by atoms with E-state index in [-0.39, 0.29) is 5.75 Å². The first kappa shape index (κ1) is 15.0. The maximum absolute atomic E-state index is 10.3. The first-order valence-corrected chi connectivity index (χ1v) is 7.51. The predicted molar refractivity (Wildman–Crippen MR) is 87.9 cm³/mol. The number of hydrogen-bond donors (Lipinski definition) is 2. The van der Waals surface area contributed by atoms with Crippen LogP contribution in [-0.4, -0.2) is 34.0 Å². The molecule has 0 unspecified atom stereocenters. The lowest BCUT2D eigenvalue weighted by Crippen LogP contribution is -2.03. The van der Waals surface area contributed by atoms with Crippen molar-refractivity contribution in [3.63, 3.8) is 0 Å². The average molecular weight is 328 g/mol. The molecule has 0 bridgehead atoms. The molecule has 1 heterocycles. The molecule has 1 aromatic heterocycles. The number of benzene rings is 2. The van der Waals surface area contributed by atoms with Gasteiger partial charge in [-0.2, -0.15) is 0 Å². The lowest BCUT2D eigenvalue weighted by atomic mass is 10.1. The zero-order valence-corrected chi connectivity index (χ0v) is 12.7. The first-order chi connectivity index (χ1) is 11.1. The topological polar surface area (TPSA) is 92.0 Å². The van der Waals surface area contributed by atoms with Crippen LogP contribution in [0, 0.1) is 0 Å². The Hall–Kier alpha value is -2.93. The van der Waals surface area contributed by atoms with Gasteiger partial charge in [-0.1, -0.05) is 35.5 Å². The minimum absolute atomic E-state index is 0.171. The highest BCUT2D eigenvalue weighted by Gasteiger charge is 2.08. The highest BCUT2D eigenvalue weighted by atomic mass is 32.1. The summed E-state index contributed by atoms with van der Waals surface area (Å²) in [6.07, 6.45) is 1.44. The summed E-state index contributed by atoms with van der Waals surface area (Å²) >= 11 is 1.50. The number of para-hydroxylation sites is 1. The van der Waals surface area contributed by atoms with Crippen molar-refractivity contribution in [3.05, 3.63) is 48.0 Å². The fraction of sp³-hybridized carbons (Fsp3) is 0.0625. The maximum Gasteiger partial charge on any atom is 0.344 e. The molecule has 0 aliphatic heterocycles. The normalized spacial score (nSPS) is 11.1. The van der Waals surface area contributed by atoms with Crippen molar-refractivity contribution in [2.24, 2.45) is 5.16 Å². The largest absolute Gasteiger partial charge is 0.506 e. The Balaban J connectivity index is 1.78. The van der Waals surface area contributed by atoms with Gasteiger partial charge in [0.1, 0.15) is 16.3 Å². The molecule has 0 spiro atoms. The molecule has 6 nitrogen and oxygen atoms in total. The molecule has 3 rings (SSSR count). The van der Waals surface area contributed by atoms with E-state index in [1.54, 1.807) is 12.1 Å². The molecule has 0 aliphatic carbocycles. The summed E-state index contributed by atoms with van der Waals surface area (Å²) in [5.74, 6) is -0.902. The number of rotatable bonds is 5. The second-order valence-electron chi connectivity index (χ2n) is 4.67. The number of carboxylic acids is 1. The molecule has 0 fully saturated rings. The molecule has 23 heavy (non-hydrogen) atoms. The van der Waals surface area contributed by atoms with Gasteiger partial charge < -0.3 is 15.1 Å². The van der Waals surface area contributed by atoms with E-state index in [4.69, 9.17) is 5.11 Å². The summed E-state index contributed by atoms with van der Waals surface area (Å²) in [6.45, 7) is -0.468. The summed E-state index contributed by atoms with van der Waals surface area (Å²) in [5.41, 5.74) is 2.30. The fourth-order valence-electron chi connectivity index (χ4n) is 1.96. The third kappa shape index (κ3) is 3.46. The summed E-state index contributed by atoms with van der Waals surface area (Å²) in [6, 6.07) is 12.7. The van der Waals surface area contributed by atoms with E-state index in [0.717, 1.165) is 20.8 Å². The highest BCUT2D eigenvalue weighted by Crippen LogP contribution is 2.34. The number of thiazole rings is 1. The highest BCUT2D eigenvalue weighted by molar-refractivity contribution is 7.21. The average Bonchev–Trinajstić information content (AvgIpc) is 2.98. The van der Waals surface area contributed by atoms with Gasteiger partial charge in [-0.25, -0.2) is 9.78 Å². The molecule has 0 amide bonds. The second kappa shape index (κ2) is 6.45. The standard InChI is InChI=1S/C16H12N2O4S/c19-12-2-1-3-13-15(12)18-16(23-13)11-6-4-10(5-7-11)8-17-22-9-14(20)21/h1-8,19H,9H2,(H,20,21). The SMILES string of the molecule is O=C(O)CON=Cc1ccc(-c2nc3c(O)cccc3s2)cc1. The van der Waals surface area contributed by atoms with Crippen LogP contribution in [0.2, 0.25) is 0 Å². The zero-order chi connectivity index (χ0) is 16.2. The van der Waals surface area contributed by atoms with Gasteiger partial charge in [-0.3, -0.25) is 0 Å². The summed E-state index contributed by atoms with van der Waals surface area (Å²) in [7, 11) is 0. The zero-order valence-electron chi connectivity index (χ0n) is 11.8. The number of phenols is 1. The molecule has 7 heteroatoms. The number of aromatic hydroxyl groups is 1. The van der Waals surface area contributed by atoms with Crippen molar-refractivity contribution in [1.82, 2.24) is 4.98 Å². The Morgan fingerprint density at radius 2 is 2.04 bits per heavy atom. The number of carboxylic acid groups (broad SMARTS) is 1. The van der Waals surface area contributed by atoms with E-state index in [9.17, 15) is 9.90 Å². The number of fused-ring (bicyclic) bond motifs is 1. The number of phenolic OH excluding ortho intramolecular Hbond substituents is 1. The molecule has 0 aliphatic rings. The van der Waals surface area contributed by atoms with Crippen LogP contribution in [0.5, 0.6) is 5.75 Å². The van der Waals surface area contributed by atoms with E-state index in [2.05, 4.69) is 15.0 Å². The van der Waals surface area contributed by atoms with Crippen molar-refractivity contribution in [2.75, 3.05) is 6.61 Å². The number of nitrogens with zero attached hydrogens (tertiary/aromatic N) is 2. The molecule has 0 saturated carbocycles. The van der Waals surface area contributed by atoms with Crippen LogP contribution >= 0.6 is 11.3 Å². The molecule has 2 N–H and O–H groups in total. The van der Waals surface area contributed by atoms with E-state index in [0.29, 0.717) is 5.52 Å². The summed E-state index contributed by atoms with van der Waals surface area (Å²) in [5, 5.41) is 22.6. The third-order valence-electron chi connectivity index (χ3n) is 3.02. The van der Waals surface area contributed by atoms with Gasteiger partial charge in [-0.05, 0) is 17.7 Å². The number of aliphatic carboxylic acids is 1. The van der Waals surface area contributed by atoms with Crippen molar-refractivity contribution in [2.45, 2.75) is 0 Å². The second-order valence-corrected chi connectivity index (χ2v) is 5.70. The number of hydrogen-bond acceptors (Lipinski definition) is 6. The molecule has 0 radical (unpaired) electrons. The molecule has 0 saturated heterocycles. The van der Waals surface area contributed by atoms with E-state index in [1.807, 2.05) is 30.3 Å². The van der Waals surface area contributed by atoms with Gasteiger partial charge in [0.05, 0.1) is 10.9 Å². The molecule has 116 valence electrons. The van der Waals surface area contributed by atoms with Crippen LogP contribution in [0.3, 0.4) is 0 Å². The first-order valence-electron chi connectivity index (χ1n) is 6.69. The van der Waals surface area contributed by atoms with E-state index < -0.39 is 12.6 Å². The van der Waals surface area contributed by atoms with Crippen molar-refractivity contribution in [1.29, 1.82) is 0 Å². The summed E-state index contributed by atoms with van der Waals surface area (Å²) in [4.78, 5) is 19.3. The van der Waals surface area contributed by atoms with E-state index in [1.165, 1.54) is 17.6 Å². The quantitative estimate of drug-likeness (QED) is 0.554. The monoisotopic (exact) mass is 328 g/mol. The molecular formula is C16H12N2O4S. The van der Waals surface area contributed by atoms with Gasteiger partial charge in [0.25, 0.3) is 0 Å². The van der Waals surface area contributed by atoms with Gasteiger partial charge in [0, 0.05) is 5.56 Å². The smallest absolute Gasteiger partial charge is 0.344 e. The van der Waals surface area contributed by atoms with Crippen LogP contribution in [0.25, 0.3) is 20.8 Å². The van der Waals surface area contributed by atoms with Crippen molar-refractivity contribution >= 4 is 33.7 Å². The van der Waals surface area contributed by atoms with E-state index >= 15 is 0 Å². The Morgan fingerprint density at radius 1 is 1.26 bits per heavy atom. The molecule has 2 aromatic carbocycles. The van der Waals surface area contributed by atoms with Crippen molar-refractivity contribution in [3.8, 4) is 16.3 Å². The van der Waals surface area contributed by atoms with Crippen LogP contribution < -0.4 is 0 Å². The molecule has 3 aromatic rings. The fourth-order valence-corrected chi connectivity index (χ4v) is 2.95. The minimum Gasteiger partial charge on any atom is -0.506 e. The Bertz CT molecular complexity index is 871. The van der Waals surface area contributed by atoms with Crippen molar-refractivity contribution < 1.29 is 19.8 Å². The number of carbonyl (C=O) groups is 1. The lowest BCUT2D eigenvalue weighted by molar-refractivity contribution is -0.142. The Kier molecular flexibility index (Phi) is 4.20. The van der Waals surface area contributed by atoms with Crippen LogP contribution in [0.1, 0.15) is 5.56 Å². The van der Waals surface area contributed by atoms with Crippen LogP contribution in [0.4, 0.5) is 0 Å². The van der Waals surface area contributed by atoms with Gasteiger partial charge in [-0.15, -0.1) is 11.3 Å². The molecular weight excluding hydrogens is 316 g/mol. The van der Waals surface area contributed by atoms with Gasteiger partial charge in [0.2, 0.25) is 6.61 Å². The third-order valence-corrected chi connectivity index (χ3v) is 4.09. The molecule has 0 atom stereocenters. The maximum atomic E-state index is 10.3. The Labute approximate surface area is 135 Å². The minimum atomic E-state index is -1.07. The van der Waals surface area contributed by atoms with Crippen LogP contribution in [0.15, 0.2) is 47.6 Å².